The Kier molecular flexibility index (Phi) is 6.47. The largest absolute Gasteiger partial charge is 0.350 e. The Morgan fingerprint density at radius 2 is 1.85 bits per heavy atom. The van der Waals surface area contributed by atoms with E-state index in [0.717, 1.165) is 61.1 Å². The number of hydrogen-bond donors (Lipinski definition) is 2. The molecule has 0 aliphatic carbocycles. The zero-order chi connectivity index (χ0) is 22.8. The zero-order valence-electron chi connectivity index (χ0n) is 18.9. The zero-order valence-corrected chi connectivity index (χ0v) is 19.7. The molecule has 0 saturated carbocycles. The first-order chi connectivity index (χ1) is 16.1. The van der Waals surface area contributed by atoms with Crippen LogP contribution in [0.25, 0.3) is 10.9 Å². The van der Waals surface area contributed by atoms with Crippen molar-refractivity contribution >= 4 is 34.4 Å². The first-order valence-corrected chi connectivity index (χ1v) is 12.2. The molecular weight excluding hydrogens is 434 g/mol. The van der Waals surface area contributed by atoms with Crippen molar-refractivity contribution < 1.29 is 4.79 Å². The number of benzene rings is 2. The average molecular weight is 464 g/mol. The van der Waals surface area contributed by atoms with Crippen molar-refractivity contribution in [2.75, 3.05) is 31.5 Å². The summed E-state index contributed by atoms with van der Waals surface area (Å²) >= 11 is 6.00. The standard InChI is InChI=1S/C26H30ClN5O/c1-17(18-6-8-20(27)9-7-18)25(33)32-15-12-21(16-32)29-26-30-23-5-3-2-4-22(23)24(31-26)19-10-13-28-14-11-19/h2-9,17,19,21,28H,10-16H2,1H3,(H,29,30,31). The topological polar surface area (TPSA) is 70.2 Å². The number of carbonyl (C=O) groups is 1. The van der Waals surface area contributed by atoms with Crippen LogP contribution in [0.4, 0.5) is 5.95 Å². The van der Waals surface area contributed by atoms with Gasteiger partial charge in [-0.2, -0.15) is 0 Å². The lowest BCUT2D eigenvalue weighted by molar-refractivity contribution is -0.131. The molecule has 3 aromatic rings. The van der Waals surface area contributed by atoms with Crippen molar-refractivity contribution in [2.24, 2.45) is 0 Å². The second kappa shape index (κ2) is 9.65. The minimum absolute atomic E-state index is 0.147. The molecule has 2 aliphatic heterocycles. The van der Waals surface area contributed by atoms with Crippen LogP contribution in [0.5, 0.6) is 0 Å². The number of carbonyl (C=O) groups excluding carboxylic acids is 1. The van der Waals surface area contributed by atoms with Crippen LogP contribution in [0.15, 0.2) is 48.5 Å². The third kappa shape index (κ3) is 4.82. The number of nitrogens with one attached hydrogen (secondary N) is 2. The van der Waals surface area contributed by atoms with E-state index in [-0.39, 0.29) is 17.9 Å². The predicted octanol–water partition coefficient (Wildman–Crippen LogP) is 4.57. The van der Waals surface area contributed by atoms with Gasteiger partial charge in [-0.1, -0.05) is 41.9 Å². The molecule has 2 unspecified atom stereocenters. The van der Waals surface area contributed by atoms with Gasteiger partial charge in [0.15, 0.2) is 0 Å². The van der Waals surface area contributed by atoms with Crippen molar-refractivity contribution in [3.05, 3.63) is 64.8 Å². The summed E-state index contributed by atoms with van der Waals surface area (Å²) in [6.07, 6.45) is 3.07. The van der Waals surface area contributed by atoms with Crippen molar-refractivity contribution in [1.82, 2.24) is 20.2 Å². The molecule has 2 atom stereocenters. The molecule has 33 heavy (non-hydrogen) atoms. The number of piperidine rings is 1. The smallest absolute Gasteiger partial charge is 0.229 e. The van der Waals surface area contributed by atoms with Crippen molar-refractivity contribution in [3.63, 3.8) is 0 Å². The maximum Gasteiger partial charge on any atom is 0.229 e. The molecule has 0 bridgehead atoms. The van der Waals surface area contributed by atoms with Gasteiger partial charge in [-0.15, -0.1) is 0 Å². The van der Waals surface area contributed by atoms with E-state index in [2.05, 4.69) is 28.8 Å². The fraction of sp³-hybridized carbons (Fsp3) is 0.423. The molecule has 2 aliphatic rings. The third-order valence-electron chi connectivity index (χ3n) is 6.93. The summed E-state index contributed by atoms with van der Waals surface area (Å²) in [4.78, 5) is 24.8. The highest BCUT2D eigenvalue weighted by molar-refractivity contribution is 6.30. The van der Waals surface area contributed by atoms with Gasteiger partial charge in [-0.3, -0.25) is 4.79 Å². The van der Waals surface area contributed by atoms with Gasteiger partial charge in [-0.05, 0) is 63.0 Å². The van der Waals surface area contributed by atoms with E-state index in [4.69, 9.17) is 21.6 Å². The molecule has 6 nitrogen and oxygen atoms in total. The molecular formula is C26H30ClN5O. The van der Waals surface area contributed by atoms with E-state index in [1.54, 1.807) is 0 Å². The van der Waals surface area contributed by atoms with Gasteiger partial charge in [0.2, 0.25) is 11.9 Å². The normalized spacial score (nSPS) is 20.2. The van der Waals surface area contributed by atoms with E-state index < -0.39 is 0 Å². The van der Waals surface area contributed by atoms with Crippen molar-refractivity contribution in [1.29, 1.82) is 0 Å². The molecule has 172 valence electrons. The molecule has 0 radical (unpaired) electrons. The van der Waals surface area contributed by atoms with Crippen LogP contribution in [-0.4, -0.2) is 53.0 Å². The number of likely N-dealkylation sites (tertiary alicyclic amines) is 1. The van der Waals surface area contributed by atoms with Crippen LogP contribution >= 0.6 is 11.6 Å². The Hall–Kier alpha value is -2.70. The Bertz CT molecular complexity index is 1130. The Morgan fingerprint density at radius 3 is 2.64 bits per heavy atom. The monoisotopic (exact) mass is 463 g/mol. The SMILES string of the molecule is CC(C(=O)N1CCC(Nc2nc(C3CCNCC3)c3ccccc3n2)C1)c1ccc(Cl)cc1. The summed E-state index contributed by atoms with van der Waals surface area (Å²) in [6.45, 7) is 5.41. The summed E-state index contributed by atoms with van der Waals surface area (Å²) in [6, 6.07) is 16.0. The predicted molar refractivity (Wildman–Crippen MR) is 133 cm³/mol. The van der Waals surface area contributed by atoms with Crippen molar-refractivity contribution in [2.45, 2.75) is 44.1 Å². The highest BCUT2D eigenvalue weighted by Gasteiger charge is 2.30. The van der Waals surface area contributed by atoms with Gasteiger partial charge in [0.25, 0.3) is 0 Å². The van der Waals surface area contributed by atoms with Gasteiger partial charge in [0.1, 0.15) is 0 Å². The summed E-state index contributed by atoms with van der Waals surface area (Å²) in [5.74, 6) is 1.08. The maximum atomic E-state index is 13.1. The third-order valence-corrected chi connectivity index (χ3v) is 7.18. The van der Waals surface area contributed by atoms with E-state index in [1.807, 2.05) is 42.2 Å². The van der Waals surface area contributed by atoms with E-state index in [9.17, 15) is 4.79 Å². The van der Waals surface area contributed by atoms with Crippen molar-refractivity contribution in [3.8, 4) is 0 Å². The number of halogens is 1. The molecule has 2 aromatic carbocycles. The Labute approximate surface area is 199 Å². The summed E-state index contributed by atoms with van der Waals surface area (Å²) in [5.41, 5.74) is 3.11. The molecule has 5 rings (SSSR count). The molecule has 2 saturated heterocycles. The maximum absolute atomic E-state index is 13.1. The molecule has 0 spiro atoms. The van der Waals surface area contributed by atoms with Gasteiger partial charge in [0.05, 0.1) is 17.1 Å². The fourth-order valence-electron chi connectivity index (χ4n) is 5.00. The number of nitrogens with zero attached hydrogens (tertiary/aromatic N) is 3. The number of hydrogen-bond acceptors (Lipinski definition) is 5. The first kappa shape index (κ1) is 22.1. The number of aromatic nitrogens is 2. The Morgan fingerprint density at radius 1 is 1.09 bits per heavy atom. The van der Waals surface area contributed by atoms with Gasteiger partial charge < -0.3 is 15.5 Å². The minimum atomic E-state index is -0.190. The van der Waals surface area contributed by atoms with E-state index >= 15 is 0 Å². The van der Waals surface area contributed by atoms with E-state index in [0.29, 0.717) is 23.4 Å². The molecule has 1 amide bonds. The number of rotatable bonds is 5. The average Bonchev–Trinajstić information content (AvgIpc) is 3.32. The summed E-state index contributed by atoms with van der Waals surface area (Å²) < 4.78 is 0. The summed E-state index contributed by atoms with van der Waals surface area (Å²) in [5, 5.41) is 8.81. The van der Waals surface area contributed by atoms with Gasteiger partial charge in [-0.25, -0.2) is 9.97 Å². The van der Waals surface area contributed by atoms with E-state index in [1.165, 1.54) is 0 Å². The minimum Gasteiger partial charge on any atom is -0.350 e. The lowest BCUT2D eigenvalue weighted by atomic mass is 9.92. The van der Waals surface area contributed by atoms with Crippen LogP contribution in [0.3, 0.4) is 0 Å². The molecule has 3 heterocycles. The van der Waals surface area contributed by atoms with Crippen LogP contribution in [0.1, 0.15) is 49.3 Å². The van der Waals surface area contributed by atoms with Crippen LogP contribution in [0, 0.1) is 0 Å². The van der Waals surface area contributed by atoms with Crippen LogP contribution < -0.4 is 10.6 Å². The van der Waals surface area contributed by atoms with Crippen LogP contribution in [0.2, 0.25) is 5.02 Å². The lowest BCUT2D eigenvalue weighted by Gasteiger charge is -2.24. The highest BCUT2D eigenvalue weighted by atomic mass is 35.5. The quantitative estimate of drug-likeness (QED) is 0.580. The highest BCUT2D eigenvalue weighted by Crippen LogP contribution is 2.31. The van der Waals surface area contributed by atoms with Gasteiger partial charge >= 0.3 is 0 Å². The van der Waals surface area contributed by atoms with Crippen LogP contribution in [-0.2, 0) is 4.79 Å². The Balaban J connectivity index is 1.30. The molecule has 2 fully saturated rings. The second-order valence-electron chi connectivity index (χ2n) is 9.16. The molecule has 2 N–H and O–H groups in total. The second-order valence-corrected chi connectivity index (χ2v) is 9.60. The number of anilines is 1. The first-order valence-electron chi connectivity index (χ1n) is 11.9. The summed E-state index contributed by atoms with van der Waals surface area (Å²) in [7, 11) is 0. The molecule has 1 aromatic heterocycles. The molecule has 7 heteroatoms. The van der Waals surface area contributed by atoms with Gasteiger partial charge in [0, 0.05) is 35.5 Å². The number of para-hydroxylation sites is 1. The number of fused-ring (bicyclic) bond motifs is 1. The number of amides is 1. The lowest BCUT2D eigenvalue weighted by Crippen LogP contribution is -2.34. The fourth-order valence-corrected chi connectivity index (χ4v) is 5.13.